The molecule has 1 aromatic carbocycles. The highest BCUT2D eigenvalue weighted by Gasteiger charge is 2.35. The van der Waals surface area contributed by atoms with E-state index in [0.717, 1.165) is 6.29 Å². The van der Waals surface area contributed by atoms with Crippen LogP contribution in [0.5, 0.6) is 5.75 Å². The molecule has 21 heavy (non-hydrogen) atoms. The molecule has 5 heteroatoms. The van der Waals surface area contributed by atoms with E-state index in [0.29, 0.717) is 16.9 Å². The number of nitrogens with zero attached hydrogens (tertiary/aromatic N) is 1. The summed E-state index contributed by atoms with van der Waals surface area (Å²) in [4.78, 5) is 27.4. The topological polar surface area (TPSA) is 68.3 Å². The number of hydrogen-bond donors (Lipinski definition) is 1. The van der Waals surface area contributed by atoms with Crippen LogP contribution in [0.15, 0.2) is 48.8 Å². The normalized spacial score (nSPS) is 13.0. The van der Waals surface area contributed by atoms with Crippen molar-refractivity contribution < 1.29 is 14.3 Å². The van der Waals surface area contributed by atoms with E-state index in [1.807, 2.05) is 0 Å². The summed E-state index contributed by atoms with van der Waals surface area (Å²) in [6.45, 7) is 1.37. The molecule has 0 aliphatic heterocycles. The summed E-state index contributed by atoms with van der Waals surface area (Å²) in [7, 11) is 1.55. The van der Waals surface area contributed by atoms with E-state index >= 15 is 0 Å². The number of amides is 1. The van der Waals surface area contributed by atoms with Gasteiger partial charge in [0.1, 0.15) is 11.3 Å². The lowest BCUT2D eigenvalue weighted by atomic mass is 9.84. The van der Waals surface area contributed by atoms with Crippen LogP contribution < -0.4 is 10.1 Å². The molecule has 1 atom stereocenters. The Morgan fingerprint density at radius 2 is 1.95 bits per heavy atom. The van der Waals surface area contributed by atoms with Crippen molar-refractivity contribution >= 4 is 12.2 Å². The Balaban J connectivity index is 2.64. The number of ether oxygens (including phenoxy) is 1. The average Bonchev–Trinajstić information content (AvgIpc) is 2.53. The maximum absolute atomic E-state index is 11.9. The molecule has 1 amide bonds. The number of pyridine rings is 1. The number of aldehydes is 1. The van der Waals surface area contributed by atoms with Crippen LogP contribution in [0.1, 0.15) is 18.1 Å². The summed E-state index contributed by atoms with van der Waals surface area (Å²) >= 11 is 0. The van der Waals surface area contributed by atoms with Crippen molar-refractivity contribution in [2.45, 2.75) is 12.5 Å². The Morgan fingerprint density at radius 3 is 2.52 bits per heavy atom. The van der Waals surface area contributed by atoms with Crippen LogP contribution >= 0.6 is 0 Å². The molecule has 2 aromatic rings. The van der Waals surface area contributed by atoms with Gasteiger partial charge in [-0.2, -0.15) is 0 Å². The molecule has 0 saturated heterocycles. The molecule has 0 aliphatic rings. The van der Waals surface area contributed by atoms with Crippen LogP contribution in [0.2, 0.25) is 0 Å². The van der Waals surface area contributed by atoms with Gasteiger partial charge in [0.2, 0.25) is 5.91 Å². The number of rotatable bonds is 5. The zero-order valence-electron chi connectivity index (χ0n) is 11.9. The van der Waals surface area contributed by atoms with Gasteiger partial charge in [0.25, 0.3) is 0 Å². The van der Waals surface area contributed by atoms with E-state index in [1.165, 1.54) is 6.92 Å². The fourth-order valence-electron chi connectivity index (χ4n) is 2.24. The Kier molecular flexibility index (Phi) is 4.33. The molecule has 0 saturated carbocycles. The van der Waals surface area contributed by atoms with Gasteiger partial charge in [-0.05, 0) is 35.4 Å². The second-order valence-electron chi connectivity index (χ2n) is 4.57. The largest absolute Gasteiger partial charge is 0.497 e. The van der Waals surface area contributed by atoms with Crippen LogP contribution in [0.4, 0.5) is 0 Å². The Hall–Kier alpha value is -2.69. The number of aromatic nitrogens is 1. The van der Waals surface area contributed by atoms with Crippen LogP contribution in [0.3, 0.4) is 0 Å². The predicted molar refractivity (Wildman–Crippen MR) is 77.9 cm³/mol. The Labute approximate surface area is 123 Å². The van der Waals surface area contributed by atoms with Crippen molar-refractivity contribution in [3.63, 3.8) is 0 Å². The van der Waals surface area contributed by atoms with Gasteiger partial charge < -0.3 is 10.1 Å². The van der Waals surface area contributed by atoms with E-state index in [2.05, 4.69) is 10.3 Å². The highest BCUT2D eigenvalue weighted by Crippen LogP contribution is 2.29. The number of carbonyl (C=O) groups is 2. The van der Waals surface area contributed by atoms with Gasteiger partial charge in [0.05, 0.1) is 7.11 Å². The van der Waals surface area contributed by atoms with Gasteiger partial charge in [-0.25, -0.2) is 0 Å². The molecule has 0 aliphatic carbocycles. The minimum Gasteiger partial charge on any atom is -0.497 e. The maximum Gasteiger partial charge on any atom is 0.218 e. The molecule has 0 fully saturated rings. The number of methoxy groups -OCH3 is 1. The van der Waals surface area contributed by atoms with Crippen molar-refractivity contribution in [2.75, 3.05) is 7.11 Å². The molecule has 5 nitrogen and oxygen atoms in total. The third-order valence-corrected chi connectivity index (χ3v) is 3.21. The van der Waals surface area contributed by atoms with Gasteiger partial charge in [-0.3, -0.25) is 14.6 Å². The summed E-state index contributed by atoms with van der Waals surface area (Å²) in [6, 6.07) is 10.4. The fourth-order valence-corrected chi connectivity index (χ4v) is 2.24. The molecule has 108 valence electrons. The van der Waals surface area contributed by atoms with Crippen molar-refractivity contribution in [3.05, 3.63) is 59.9 Å². The molecule has 1 heterocycles. The van der Waals surface area contributed by atoms with Crippen LogP contribution in [-0.2, 0) is 15.1 Å². The zero-order valence-corrected chi connectivity index (χ0v) is 11.9. The molecule has 1 N–H and O–H groups in total. The first-order chi connectivity index (χ1) is 10.1. The molecule has 1 aromatic heterocycles. The first-order valence-electron chi connectivity index (χ1n) is 6.42. The lowest BCUT2D eigenvalue weighted by Crippen LogP contribution is -2.47. The van der Waals surface area contributed by atoms with Gasteiger partial charge in [-0.1, -0.05) is 12.1 Å². The van der Waals surface area contributed by atoms with Crippen LogP contribution in [0, 0.1) is 0 Å². The van der Waals surface area contributed by atoms with Crippen molar-refractivity contribution in [3.8, 4) is 5.75 Å². The first-order valence-corrected chi connectivity index (χ1v) is 6.42. The summed E-state index contributed by atoms with van der Waals surface area (Å²) in [5.74, 6) is 0.305. The number of benzene rings is 1. The summed E-state index contributed by atoms with van der Waals surface area (Å²) < 4.78 is 5.19. The van der Waals surface area contributed by atoms with Gasteiger partial charge in [0.15, 0.2) is 6.29 Å². The second kappa shape index (κ2) is 6.17. The molecule has 0 spiro atoms. The fraction of sp³-hybridized carbons (Fsp3) is 0.188. The highest BCUT2D eigenvalue weighted by molar-refractivity contribution is 5.84. The smallest absolute Gasteiger partial charge is 0.218 e. The molecule has 1 unspecified atom stereocenters. The standard InChI is InChI=1S/C16H16N2O3/c1-12(20)18-16(11-19,13-6-8-17-9-7-13)14-4-3-5-15(10-14)21-2/h3-11H,1-2H3,(H,18,20). The predicted octanol–water partition coefficient (Wildman–Crippen LogP) is 1.67. The molecular weight excluding hydrogens is 268 g/mol. The van der Waals surface area contributed by atoms with E-state index in [9.17, 15) is 9.59 Å². The average molecular weight is 284 g/mol. The Bertz CT molecular complexity index is 643. The summed E-state index contributed by atoms with van der Waals surface area (Å²) in [6.07, 6.45) is 3.88. The molecule has 0 bridgehead atoms. The highest BCUT2D eigenvalue weighted by atomic mass is 16.5. The van der Waals surface area contributed by atoms with E-state index < -0.39 is 5.54 Å². The van der Waals surface area contributed by atoms with Crippen molar-refractivity contribution in [1.29, 1.82) is 0 Å². The van der Waals surface area contributed by atoms with E-state index in [4.69, 9.17) is 4.74 Å². The van der Waals surface area contributed by atoms with Gasteiger partial charge in [-0.15, -0.1) is 0 Å². The van der Waals surface area contributed by atoms with Gasteiger partial charge in [0, 0.05) is 19.3 Å². The lowest BCUT2D eigenvalue weighted by Gasteiger charge is -2.30. The van der Waals surface area contributed by atoms with Crippen LogP contribution in [-0.4, -0.2) is 24.3 Å². The van der Waals surface area contributed by atoms with Crippen LogP contribution in [0.25, 0.3) is 0 Å². The maximum atomic E-state index is 11.9. The number of hydrogen-bond acceptors (Lipinski definition) is 4. The van der Waals surface area contributed by atoms with E-state index in [1.54, 1.807) is 55.9 Å². The van der Waals surface area contributed by atoms with Crippen molar-refractivity contribution in [1.82, 2.24) is 10.3 Å². The SMILES string of the molecule is COc1cccc(C(C=O)(NC(C)=O)c2ccncc2)c1. The molecule has 0 radical (unpaired) electrons. The summed E-state index contributed by atoms with van der Waals surface area (Å²) in [5, 5.41) is 2.74. The quantitative estimate of drug-likeness (QED) is 0.848. The third kappa shape index (κ3) is 2.91. The molecular formula is C16H16N2O3. The van der Waals surface area contributed by atoms with Crippen molar-refractivity contribution in [2.24, 2.45) is 0 Å². The zero-order chi connectivity index (χ0) is 15.3. The first kappa shape index (κ1) is 14.7. The Morgan fingerprint density at radius 1 is 1.24 bits per heavy atom. The molecule has 2 rings (SSSR count). The van der Waals surface area contributed by atoms with Gasteiger partial charge >= 0.3 is 0 Å². The lowest BCUT2D eigenvalue weighted by molar-refractivity contribution is -0.124. The second-order valence-corrected chi connectivity index (χ2v) is 4.57. The summed E-state index contributed by atoms with van der Waals surface area (Å²) in [5.41, 5.74) is -0.00208. The minimum absolute atomic E-state index is 0.304. The minimum atomic E-state index is -1.26. The third-order valence-electron chi connectivity index (χ3n) is 3.21. The number of nitrogens with one attached hydrogen (secondary N) is 1. The van der Waals surface area contributed by atoms with E-state index in [-0.39, 0.29) is 5.91 Å². The number of carbonyl (C=O) groups excluding carboxylic acids is 2. The monoisotopic (exact) mass is 284 g/mol.